The van der Waals surface area contributed by atoms with E-state index in [1.807, 2.05) is 53.9 Å². The maximum absolute atomic E-state index is 13.0. The third-order valence-corrected chi connectivity index (χ3v) is 6.89. The van der Waals surface area contributed by atoms with Crippen molar-refractivity contribution < 1.29 is 9.59 Å². The van der Waals surface area contributed by atoms with Crippen LogP contribution in [0.25, 0.3) is 21.9 Å². The molecule has 0 spiro atoms. The number of rotatable bonds is 7. The average molecular weight is 496 g/mol. The molecule has 0 saturated carbocycles. The molecule has 2 aromatic carbocycles. The van der Waals surface area contributed by atoms with Gasteiger partial charge in [-0.1, -0.05) is 31.2 Å². The summed E-state index contributed by atoms with van der Waals surface area (Å²) < 4.78 is 1.60. The van der Waals surface area contributed by atoms with Crippen molar-refractivity contribution in [3.05, 3.63) is 101 Å². The molecule has 180 valence electrons. The largest absolute Gasteiger partial charge is 0.345 e. The van der Waals surface area contributed by atoms with Gasteiger partial charge in [0.2, 0.25) is 0 Å². The van der Waals surface area contributed by atoms with Crippen LogP contribution in [0, 0.1) is 0 Å². The third kappa shape index (κ3) is 5.04. The predicted octanol–water partition coefficient (Wildman–Crippen LogP) is 5.83. The summed E-state index contributed by atoms with van der Waals surface area (Å²) in [4.78, 5) is 29.6. The lowest BCUT2D eigenvalue weighted by atomic mass is 9.99. The SMILES string of the molecule is CCC(NC(=O)c1ccc2cnccc2c1)c1cccc(-c2csc(NC(=O)c3cnn(C)c3)c2)c1. The van der Waals surface area contributed by atoms with Crippen LogP contribution in [0.3, 0.4) is 0 Å². The summed E-state index contributed by atoms with van der Waals surface area (Å²) >= 11 is 1.47. The molecule has 0 radical (unpaired) electrons. The Morgan fingerprint density at radius 1 is 0.972 bits per heavy atom. The number of aromatic nitrogens is 3. The van der Waals surface area contributed by atoms with Crippen molar-refractivity contribution in [1.29, 1.82) is 0 Å². The van der Waals surface area contributed by atoms with Crippen molar-refractivity contribution in [2.75, 3.05) is 5.32 Å². The van der Waals surface area contributed by atoms with Crippen LogP contribution in [0.5, 0.6) is 0 Å². The van der Waals surface area contributed by atoms with E-state index in [1.54, 1.807) is 36.5 Å². The predicted molar refractivity (Wildman–Crippen MR) is 143 cm³/mol. The molecule has 36 heavy (non-hydrogen) atoms. The Kier molecular flexibility index (Phi) is 6.60. The zero-order valence-corrected chi connectivity index (χ0v) is 20.8. The van der Waals surface area contributed by atoms with E-state index in [0.29, 0.717) is 11.1 Å². The Balaban J connectivity index is 1.31. The fourth-order valence-electron chi connectivity index (χ4n) is 4.10. The number of pyridine rings is 1. The van der Waals surface area contributed by atoms with Crippen LogP contribution in [-0.2, 0) is 7.05 Å². The monoisotopic (exact) mass is 495 g/mol. The minimum Gasteiger partial charge on any atom is -0.345 e. The van der Waals surface area contributed by atoms with E-state index >= 15 is 0 Å². The minimum absolute atomic E-state index is 0.109. The van der Waals surface area contributed by atoms with Crippen molar-refractivity contribution in [3.8, 4) is 11.1 Å². The molecule has 5 aromatic rings. The van der Waals surface area contributed by atoms with E-state index in [-0.39, 0.29) is 17.9 Å². The van der Waals surface area contributed by atoms with Gasteiger partial charge in [-0.3, -0.25) is 19.3 Å². The number of nitrogens with one attached hydrogen (secondary N) is 2. The number of hydrogen-bond acceptors (Lipinski definition) is 5. The van der Waals surface area contributed by atoms with Gasteiger partial charge in [-0.15, -0.1) is 11.3 Å². The number of nitrogens with zero attached hydrogens (tertiary/aromatic N) is 3. The highest BCUT2D eigenvalue weighted by atomic mass is 32.1. The summed E-state index contributed by atoms with van der Waals surface area (Å²) in [5, 5.41) is 14.9. The number of amides is 2. The first-order valence-corrected chi connectivity index (χ1v) is 12.5. The van der Waals surface area contributed by atoms with Gasteiger partial charge in [0.15, 0.2) is 0 Å². The fraction of sp³-hybridized carbons (Fsp3) is 0.143. The minimum atomic E-state index is -0.191. The molecule has 0 aliphatic rings. The molecule has 1 unspecified atom stereocenters. The molecule has 3 aromatic heterocycles. The molecule has 0 saturated heterocycles. The highest BCUT2D eigenvalue weighted by Crippen LogP contribution is 2.31. The number of hydrogen-bond donors (Lipinski definition) is 2. The number of benzene rings is 2. The van der Waals surface area contributed by atoms with Crippen molar-refractivity contribution in [2.24, 2.45) is 7.05 Å². The molecule has 2 N–H and O–H groups in total. The molecule has 5 rings (SSSR count). The maximum Gasteiger partial charge on any atom is 0.259 e. The van der Waals surface area contributed by atoms with Gasteiger partial charge in [0, 0.05) is 42.0 Å². The van der Waals surface area contributed by atoms with Crippen LogP contribution < -0.4 is 10.6 Å². The summed E-state index contributed by atoms with van der Waals surface area (Å²) in [7, 11) is 1.78. The van der Waals surface area contributed by atoms with Crippen LogP contribution in [0.2, 0.25) is 0 Å². The summed E-state index contributed by atoms with van der Waals surface area (Å²) in [6, 6.07) is 17.5. The standard InChI is InChI=1S/C28H25N5O2S/c1-3-25(31-27(34)21-7-8-22-14-29-10-9-19(22)12-21)20-6-4-5-18(11-20)23-13-26(36-17-23)32-28(35)24-15-30-33(2)16-24/h4-17,25H,3H2,1-2H3,(H,31,34)(H,32,35). The highest BCUT2D eigenvalue weighted by Gasteiger charge is 2.16. The molecular formula is C28H25N5O2S. The van der Waals surface area contributed by atoms with E-state index in [4.69, 9.17) is 0 Å². The highest BCUT2D eigenvalue weighted by molar-refractivity contribution is 7.14. The molecule has 1 atom stereocenters. The maximum atomic E-state index is 13.0. The molecular weight excluding hydrogens is 470 g/mol. The zero-order valence-electron chi connectivity index (χ0n) is 19.9. The van der Waals surface area contributed by atoms with Gasteiger partial charge in [-0.25, -0.2) is 0 Å². The van der Waals surface area contributed by atoms with Gasteiger partial charge in [0.1, 0.15) is 0 Å². The zero-order chi connectivity index (χ0) is 25.1. The first kappa shape index (κ1) is 23.4. The summed E-state index contributed by atoms with van der Waals surface area (Å²) in [6.07, 6.45) is 7.49. The second-order valence-corrected chi connectivity index (χ2v) is 9.47. The number of thiophene rings is 1. The first-order chi connectivity index (χ1) is 17.5. The van der Waals surface area contributed by atoms with E-state index < -0.39 is 0 Å². The molecule has 0 bridgehead atoms. The van der Waals surface area contributed by atoms with Crippen LogP contribution in [0.15, 0.2) is 84.8 Å². The Bertz CT molecular complexity index is 1550. The number of carbonyl (C=O) groups is 2. The summed E-state index contributed by atoms with van der Waals surface area (Å²) in [5.74, 6) is -0.300. The Morgan fingerprint density at radius 2 is 1.86 bits per heavy atom. The lowest BCUT2D eigenvalue weighted by Gasteiger charge is -2.18. The second kappa shape index (κ2) is 10.1. The summed E-state index contributed by atoms with van der Waals surface area (Å²) in [5.41, 5.74) is 4.19. The molecule has 8 heteroatoms. The average Bonchev–Trinajstić information content (AvgIpc) is 3.56. The number of fused-ring (bicyclic) bond motifs is 1. The normalized spacial score (nSPS) is 11.8. The Labute approximate surface area is 212 Å². The topological polar surface area (TPSA) is 88.9 Å². The van der Waals surface area contributed by atoms with E-state index in [2.05, 4.69) is 33.7 Å². The van der Waals surface area contributed by atoms with Crippen LogP contribution >= 0.6 is 11.3 Å². The number of anilines is 1. The summed E-state index contributed by atoms with van der Waals surface area (Å²) in [6.45, 7) is 2.06. The smallest absolute Gasteiger partial charge is 0.259 e. The molecule has 0 aliphatic carbocycles. The lowest BCUT2D eigenvalue weighted by Crippen LogP contribution is -2.28. The van der Waals surface area contributed by atoms with Crippen molar-refractivity contribution >= 4 is 38.9 Å². The van der Waals surface area contributed by atoms with Crippen LogP contribution in [0.1, 0.15) is 45.7 Å². The van der Waals surface area contributed by atoms with Crippen LogP contribution in [-0.4, -0.2) is 26.6 Å². The van der Waals surface area contributed by atoms with Gasteiger partial charge < -0.3 is 10.6 Å². The molecule has 2 amide bonds. The van der Waals surface area contributed by atoms with Crippen molar-refractivity contribution in [3.63, 3.8) is 0 Å². The first-order valence-electron chi connectivity index (χ1n) is 11.6. The quantitative estimate of drug-likeness (QED) is 0.297. The van der Waals surface area contributed by atoms with E-state index in [0.717, 1.165) is 38.9 Å². The third-order valence-electron chi connectivity index (χ3n) is 6.04. The molecule has 0 fully saturated rings. The fourth-order valence-corrected chi connectivity index (χ4v) is 4.90. The van der Waals surface area contributed by atoms with Crippen molar-refractivity contribution in [1.82, 2.24) is 20.1 Å². The second-order valence-electron chi connectivity index (χ2n) is 8.55. The molecule has 0 aliphatic heterocycles. The van der Waals surface area contributed by atoms with Gasteiger partial charge in [0.25, 0.3) is 11.8 Å². The number of carbonyl (C=O) groups excluding carboxylic acids is 2. The van der Waals surface area contributed by atoms with Gasteiger partial charge in [0.05, 0.1) is 22.8 Å². The molecule has 3 heterocycles. The van der Waals surface area contributed by atoms with Gasteiger partial charge in [-0.05, 0) is 58.8 Å². The lowest BCUT2D eigenvalue weighted by molar-refractivity contribution is 0.0935. The van der Waals surface area contributed by atoms with Gasteiger partial charge >= 0.3 is 0 Å². The number of aryl methyl sites for hydroxylation is 1. The van der Waals surface area contributed by atoms with E-state index in [1.165, 1.54) is 11.3 Å². The Morgan fingerprint density at radius 3 is 2.67 bits per heavy atom. The molecule has 7 nitrogen and oxygen atoms in total. The van der Waals surface area contributed by atoms with Crippen molar-refractivity contribution in [2.45, 2.75) is 19.4 Å². The van der Waals surface area contributed by atoms with Crippen LogP contribution in [0.4, 0.5) is 5.00 Å². The van der Waals surface area contributed by atoms with Gasteiger partial charge in [-0.2, -0.15) is 5.10 Å². The Hall–Kier alpha value is -4.30. The van der Waals surface area contributed by atoms with E-state index in [9.17, 15) is 9.59 Å².